The van der Waals surface area contributed by atoms with Crippen LogP contribution in [0.2, 0.25) is 0 Å². The smallest absolute Gasteiger partial charge is 0.410 e. The topological polar surface area (TPSA) is 174 Å². The summed E-state index contributed by atoms with van der Waals surface area (Å²) >= 11 is 0. The molecule has 15 nitrogen and oxygen atoms in total. The molecule has 0 bridgehead atoms. The van der Waals surface area contributed by atoms with E-state index in [1.54, 1.807) is 7.05 Å². The molecule has 39 heavy (non-hydrogen) atoms. The third-order valence-corrected chi connectivity index (χ3v) is 4.71. The van der Waals surface area contributed by atoms with Gasteiger partial charge in [-0.15, -0.1) is 0 Å². The number of hydrogen-bond donors (Lipinski definition) is 1. The molecule has 15 heteroatoms. The fourth-order valence-corrected chi connectivity index (χ4v) is 2.81. The van der Waals surface area contributed by atoms with Crippen LogP contribution in [0.5, 0.6) is 0 Å². The zero-order valence-electron chi connectivity index (χ0n) is 23.0. The number of non-ortho nitro benzene ring substituents is 1. The zero-order valence-corrected chi connectivity index (χ0v) is 23.0. The Labute approximate surface area is 227 Å². The van der Waals surface area contributed by atoms with E-state index in [-0.39, 0.29) is 36.3 Å². The van der Waals surface area contributed by atoms with Gasteiger partial charge in [0.25, 0.3) is 11.4 Å². The van der Waals surface area contributed by atoms with Gasteiger partial charge in [0, 0.05) is 26.2 Å². The zero-order chi connectivity index (χ0) is 29.1. The summed E-state index contributed by atoms with van der Waals surface area (Å²) in [5.74, 6) is 0. The number of nitro benzene ring substituents is 2. The van der Waals surface area contributed by atoms with E-state index in [4.69, 9.17) is 28.4 Å². The van der Waals surface area contributed by atoms with Crippen molar-refractivity contribution in [3.05, 3.63) is 38.4 Å². The van der Waals surface area contributed by atoms with E-state index in [0.717, 1.165) is 6.07 Å². The van der Waals surface area contributed by atoms with Crippen LogP contribution in [0.15, 0.2) is 18.2 Å². The lowest BCUT2D eigenvalue weighted by molar-refractivity contribution is -0.393. The van der Waals surface area contributed by atoms with Crippen LogP contribution in [0.25, 0.3) is 0 Å². The third-order valence-electron chi connectivity index (χ3n) is 4.71. The number of anilines is 1. The normalized spacial score (nSPS) is 11.3. The van der Waals surface area contributed by atoms with Gasteiger partial charge in [0.05, 0.1) is 82.0 Å². The average molecular weight is 561 g/mol. The fraction of sp³-hybridized carbons (Fsp3) is 0.708. The van der Waals surface area contributed by atoms with Crippen molar-refractivity contribution in [2.24, 2.45) is 0 Å². The lowest BCUT2D eigenvalue weighted by Gasteiger charge is -2.24. The number of benzene rings is 1. The highest BCUT2D eigenvalue weighted by Crippen LogP contribution is 2.28. The van der Waals surface area contributed by atoms with Gasteiger partial charge in [-0.05, 0) is 26.8 Å². The summed E-state index contributed by atoms with van der Waals surface area (Å²) < 4.78 is 32.3. The number of carbonyl (C=O) groups is 1. The minimum atomic E-state index is -0.685. The van der Waals surface area contributed by atoms with E-state index in [1.165, 1.54) is 17.0 Å². The molecule has 0 aromatic heterocycles. The molecule has 1 N–H and O–H groups in total. The van der Waals surface area contributed by atoms with Crippen LogP contribution in [0.4, 0.5) is 21.9 Å². The Morgan fingerprint density at radius 3 is 1.77 bits per heavy atom. The van der Waals surface area contributed by atoms with Gasteiger partial charge >= 0.3 is 6.09 Å². The van der Waals surface area contributed by atoms with Crippen molar-refractivity contribution < 1.29 is 43.1 Å². The average Bonchev–Trinajstić information content (AvgIpc) is 2.86. The van der Waals surface area contributed by atoms with Gasteiger partial charge in [-0.3, -0.25) is 20.2 Å². The van der Waals surface area contributed by atoms with E-state index in [9.17, 15) is 25.0 Å². The van der Waals surface area contributed by atoms with Gasteiger partial charge in [-0.2, -0.15) is 0 Å². The maximum atomic E-state index is 11.8. The molecule has 0 fully saturated rings. The van der Waals surface area contributed by atoms with Crippen LogP contribution in [0.1, 0.15) is 20.8 Å². The summed E-state index contributed by atoms with van der Waals surface area (Å²) in [6, 6.07) is 3.41. The van der Waals surface area contributed by atoms with Crippen molar-refractivity contribution in [1.29, 1.82) is 0 Å². The molecule has 0 radical (unpaired) electrons. The van der Waals surface area contributed by atoms with E-state index in [1.807, 2.05) is 20.8 Å². The molecule has 0 unspecified atom stereocenters. The van der Waals surface area contributed by atoms with Crippen LogP contribution < -0.4 is 5.32 Å². The number of rotatable bonds is 21. The third kappa shape index (κ3) is 16.5. The predicted molar refractivity (Wildman–Crippen MR) is 141 cm³/mol. The molecule has 0 saturated heterocycles. The highest BCUT2D eigenvalue weighted by atomic mass is 16.6. The second-order valence-corrected chi connectivity index (χ2v) is 9.11. The first-order valence-electron chi connectivity index (χ1n) is 12.5. The Bertz CT molecular complexity index is 880. The largest absolute Gasteiger partial charge is 0.444 e. The second-order valence-electron chi connectivity index (χ2n) is 9.11. The molecule has 0 aliphatic carbocycles. The quantitative estimate of drug-likeness (QED) is 0.132. The molecule has 1 aromatic rings. The van der Waals surface area contributed by atoms with E-state index >= 15 is 0 Å². The Morgan fingerprint density at radius 2 is 1.31 bits per heavy atom. The molecule has 1 aromatic carbocycles. The number of nitro groups is 2. The lowest BCUT2D eigenvalue weighted by atomic mass is 10.2. The molecule has 0 spiro atoms. The first-order chi connectivity index (χ1) is 18.5. The summed E-state index contributed by atoms with van der Waals surface area (Å²) in [4.78, 5) is 33.8. The number of nitrogens with zero attached hydrogens (tertiary/aromatic N) is 3. The molecular weight excluding hydrogens is 520 g/mol. The Balaban J connectivity index is 1.91. The molecular formula is C24H40N4O11. The van der Waals surface area contributed by atoms with Crippen LogP contribution in [-0.4, -0.2) is 113 Å². The summed E-state index contributed by atoms with van der Waals surface area (Å²) in [6.07, 6.45) is -0.389. The maximum Gasteiger partial charge on any atom is 0.410 e. The van der Waals surface area contributed by atoms with E-state index in [0.29, 0.717) is 66.0 Å². The van der Waals surface area contributed by atoms with Crippen molar-refractivity contribution >= 4 is 23.2 Å². The molecule has 0 heterocycles. The van der Waals surface area contributed by atoms with Crippen molar-refractivity contribution in [2.75, 3.05) is 91.5 Å². The SMILES string of the molecule is CN(CCOCCOCCOCCOCCOCCNc1ccc([N+](=O)[O-])cc1[N+](=O)[O-])C(=O)OC(C)(C)C. The molecule has 0 atom stereocenters. The molecule has 1 amide bonds. The number of likely N-dealkylation sites (N-methyl/N-ethyl adjacent to an activating group) is 1. The predicted octanol–water partition coefficient (Wildman–Crippen LogP) is 2.86. The standard InChI is InChI=1S/C24H40N4O11/c1-24(2,3)39-23(29)26(4)8-10-35-12-14-37-16-18-38-17-15-36-13-11-34-9-7-25-21-6-5-20(27(30)31)19-22(21)28(32)33/h5-6,19,25H,7-18H2,1-4H3. The van der Waals surface area contributed by atoms with Gasteiger partial charge < -0.3 is 38.6 Å². The number of ether oxygens (including phenoxy) is 6. The summed E-state index contributed by atoms with van der Waals surface area (Å²) in [6.45, 7) is 9.97. The first kappa shape index (κ1) is 33.9. The van der Waals surface area contributed by atoms with Gasteiger partial charge in [0.15, 0.2) is 0 Å². The first-order valence-corrected chi connectivity index (χ1v) is 12.5. The fourth-order valence-electron chi connectivity index (χ4n) is 2.81. The number of carbonyl (C=O) groups excluding carboxylic acids is 1. The van der Waals surface area contributed by atoms with Crippen molar-refractivity contribution in [2.45, 2.75) is 26.4 Å². The minimum absolute atomic E-state index is 0.183. The summed E-state index contributed by atoms with van der Waals surface area (Å²) in [7, 11) is 1.66. The van der Waals surface area contributed by atoms with Gasteiger partial charge in [0.1, 0.15) is 11.3 Å². The molecule has 0 aliphatic heterocycles. The van der Waals surface area contributed by atoms with Crippen molar-refractivity contribution in [3.63, 3.8) is 0 Å². The van der Waals surface area contributed by atoms with Gasteiger partial charge in [-0.1, -0.05) is 0 Å². The summed E-state index contributed by atoms with van der Waals surface area (Å²) in [5.41, 5.74) is -1.06. The van der Waals surface area contributed by atoms with Gasteiger partial charge in [-0.25, -0.2) is 4.79 Å². The Morgan fingerprint density at radius 1 is 0.821 bits per heavy atom. The highest BCUT2D eigenvalue weighted by molar-refractivity contribution is 5.67. The number of nitrogens with one attached hydrogen (secondary N) is 1. The van der Waals surface area contributed by atoms with Crippen LogP contribution in [0.3, 0.4) is 0 Å². The van der Waals surface area contributed by atoms with Crippen molar-refractivity contribution in [3.8, 4) is 0 Å². The molecule has 0 saturated carbocycles. The summed E-state index contributed by atoms with van der Waals surface area (Å²) in [5, 5.41) is 24.7. The highest BCUT2D eigenvalue weighted by Gasteiger charge is 2.20. The van der Waals surface area contributed by atoms with Crippen molar-refractivity contribution in [1.82, 2.24) is 4.90 Å². The van der Waals surface area contributed by atoms with Crippen LogP contribution in [0, 0.1) is 20.2 Å². The molecule has 1 rings (SSSR count). The monoisotopic (exact) mass is 560 g/mol. The lowest BCUT2D eigenvalue weighted by Crippen LogP contribution is -2.36. The van der Waals surface area contributed by atoms with E-state index in [2.05, 4.69) is 5.32 Å². The Hall–Kier alpha value is -3.11. The van der Waals surface area contributed by atoms with Crippen LogP contribution in [-0.2, 0) is 28.4 Å². The molecule has 0 aliphatic rings. The maximum absolute atomic E-state index is 11.8. The number of hydrogen-bond acceptors (Lipinski definition) is 12. The second kappa shape index (κ2) is 19.0. The van der Waals surface area contributed by atoms with E-state index < -0.39 is 15.4 Å². The minimum Gasteiger partial charge on any atom is -0.444 e. The Kier molecular flexibility index (Phi) is 16.5. The van der Waals surface area contributed by atoms with Gasteiger partial charge in [0.2, 0.25) is 0 Å². The number of amides is 1. The molecule has 222 valence electrons. The van der Waals surface area contributed by atoms with Crippen LogP contribution >= 0.6 is 0 Å².